The highest BCUT2D eigenvalue weighted by Gasteiger charge is 2.44. The molecule has 1 aromatic heterocycles. The van der Waals surface area contributed by atoms with Crippen molar-refractivity contribution in [3.05, 3.63) is 47.3 Å². The highest BCUT2D eigenvalue weighted by atomic mass is 16.2. The van der Waals surface area contributed by atoms with Crippen LogP contribution < -0.4 is 11.1 Å². The number of benzene rings is 1. The van der Waals surface area contributed by atoms with E-state index in [9.17, 15) is 9.59 Å². The van der Waals surface area contributed by atoms with E-state index in [1.165, 1.54) is 13.0 Å². The maximum absolute atomic E-state index is 12.0. The summed E-state index contributed by atoms with van der Waals surface area (Å²) in [7, 11) is 0. The van der Waals surface area contributed by atoms with Crippen LogP contribution in [0.5, 0.6) is 0 Å². The predicted octanol–water partition coefficient (Wildman–Crippen LogP) is 2.56. The van der Waals surface area contributed by atoms with Gasteiger partial charge in [-0.05, 0) is 48.9 Å². The number of carbonyl (C=O) groups is 2. The number of H-pyrrole nitrogens is 1. The summed E-state index contributed by atoms with van der Waals surface area (Å²) in [4.78, 5) is 26.4. The van der Waals surface area contributed by atoms with Crippen molar-refractivity contribution in [3.63, 3.8) is 0 Å². The van der Waals surface area contributed by atoms with Crippen LogP contribution in [0.1, 0.15) is 37.9 Å². The van der Waals surface area contributed by atoms with E-state index in [4.69, 9.17) is 5.73 Å². The fraction of sp³-hybridized carbons (Fsp3) is 0.368. The van der Waals surface area contributed by atoms with E-state index >= 15 is 0 Å². The molecule has 24 heavy (non-hydrogen) atoms. The molecule has 0 spiro atoms. The lowest BCUT2D eigenvalue weighted by Crippen LogP contribution is -2.29. The summed E-state index contributed by atoms with van der Waals surface area (Å²) in [5, 5.41) is 4.09. The fourth-order valence-corrected chi connectivity index (χ4v) is 2.79. The summed E-state index contributed by atoms with van der Waals surface area (Å²) in [5.41, 5.74) is 9.29. The lowest BCUT2D eigenvalue weighted by Gasteiger charge is -2.08. The summed E-state index contributed by atoms with van der Waals surface area (Å²) in [6.45, 7) is 3.99. The van der Waals surface area contributed by atoms with Crippen LogP contribution in [0.3, 0.4) is 0 Å². The predicted molar refractivity (Wildman–Crippen MR) is 94.1 cm³/mol. The van der Waals surface area contributed by atoms with Crippen LogP contribution in [-0.4, -0.2) is 16.7 Å². The van der Waals surface area contributed by atoms with Gasteiger partial charge in [-0.1, -0.05) is 19.1 Å². The molecule has 3 rings (SSSR count). The van der Waals surface area contributed by atoms with Crippen molar-refractivity contribution in [1.82, 2.24) is 10.3 Å². The fourth-order valence-electron chi connectivity index (χ4n) is 2.79. The third-order valence-corrected chi connectivity index (χ3v) is 4.53. The Bertz CT molecular complexity index is 828. The maximum atomic E-state index is 12.0. The molecule has 0 atom stereocenters. The lowest BCUT2D eigenvalue weighted by atomic mass is 10.1. The molecule has 1 aromatic carbocycles. The Kier molecular flexibility index (Phi) is 4.18. The van der Waals surface area contributed by atoms with Gasteiger partial charge in [0.15, 0.2) is 5.78 Å². The Labute approximate surface area is 141 Å². The number of aromatic amines is 1. The van der Waals surface area contributed by atoms with Crippen LogP contribution in [0.15, 0.2) is 36.0 Å². The van der Waals surface area contributed by atoms with Crippen molar-refractivity contribution >= 4 is 22.6 Å². The number of hydrogen-bond donors (Lipinski definition) is 3. The molecule has 0 saturated heterocycles. The number of nitrogens with one attached hydrogen (secondary N) is 2. The van der Waals surface area contributed by atoms with Gasteiger partial charge >= 0.3 is 0 Å². The second-order valence-electron chi connectivity index (χ2n) is 6.97. The van der Waals surface area contributed by atoms with Gasteiger partial charge < -0.3 is 16.0 Å². The topological polar surface area (TPSA) is 88.0 Å². The number of ketones is 1. The molecule has 1 amide bonds. The summed E-state index contributed by atoms with van der Waals surface area (Å²) in [6, 6.07) is 8.10. The zero-order valence-electron chi connectivity index (χ0n) is 14.1. The van der Waals surface area contributed by atoms with Crippen molar-refractivity contribution in [2.45, 2.75) is 39.7 Å². The van der Waals surface area contributed by atoms with Crippen molar-refractivity contribution in [1.29, 1.82) is 0 Å². The molecular formula is C19H23N3O2. The number of allylic oxidation sites excluding steroid dienone is 2. The minimum absolute atomic E-state index is 0.0455. The van der Waals surface area contributed by atoms with Gasteiger partial charge in [0.05, 0.1) is 6.54 Å². The Balaban J connectivity index is 1.69. The van der Waals surface area contributed by atoms with E-state index in [0.29, 0.717) is 18.7 Å². The summed E-state index contributed by atoms with van der Waals surface area (Å²) in [6.07, 6.45) is 3.95. The molecule has 0 aliphatic heterocycles. The van der Waals surface area contributed by atoms with Gasteiger partial charge in [0.25, 0.3) is 0 Å². The molecule has 0 radical (unpaired) electrons. The van der Waals surface area contributed by atoms with Crippen LogP contribution >= 0.6 is 0 Å². The first kappa shape index (κ1) is 16.3. The van der Waals surface area contributed by atoms with Gasteiger partial charge in [0, 0.05) is 28.7 Å². The van der Waals surface area contributed by atoms with Gasteiger partial charge in [-0.2, -0.15) is 0 Å². The summed E-state index contributed by atoms with van der Waals surface area (Å²) in [5.74, 6) is 0.0832. The van der Waals surface area contributed by atoms with Crippen LogP contribution in [0, 0.1) is 5.41 Å². The van der Waals surface area contributed by atoms with Crippen molar-refractivity contribution in [3.8, 4) is 0 Å². The minimum Gasteiger partial charge on any atom is -0.402 e. The Morgan fingerprint density at radius 2 is 2.08 bits per heavy atom. The molecule has 1 heterocycles. The number of amides is 1. The number of hydrogen-bond acceptors (Lipinski definition) is 3. The number of rotatable bonds is 6. The highest BCUT2D eigenvalue weighted by molar-refractivity contribution is 5.88. The van der Waals surface area contributed by atoms with Crippen molar-refractivity contribution in [2.75, 3.05) is 0 Å². The molecule has 1 saturated carbocycles. The van der Waals surface area contributed by atoms with Gasteiger partial charge in [0.1, 0.15) is 0 Å². The maximum Gasteiger partial charge on any atom is 0.226 e. The second-order valence-corrected chi connectivity index (χ2v) is 6.97. The molecule has 5 heteroatoms. The monoisotopic (exact) mass is 325 g/mol. The van der Waals surface area contributed by atoms with Crippen LogP contribution in [0.2, 0.25) is 0 Å². The van der Waals surface area contributed by atoms with Gasteiger partial charge in [-0.3, -0.25) is 9.59 Å². The molecule has 0 bridgehead atoms. The summed E-state index contributed by atoms with van der Waals surface area (Å²) >= 11 is 0. The quantitative estimate of drug-likeness (QED) is 0.713. The zero-order chi connectivity index (χ0) is 17.3. The van der Waals surface area contributed by atoms with E-state index in [1.807, 2.05) is 31.2 Å². The van der Waals surface area contributed by atoms with E-state index in [1.54, 1.807) is 0 Å². The second kappa shape index (κ2) is 6.15. The smallest absolute Gasteiger partial charge is 0.226 e. The highest BCUT2D eigenvalue weighted by Crippen LogP contribution is 2.45. The first-order valence-electron chi connectivity index (χ1n) is 8.21. The molecule has 0 unspecified atom stereocenters. The molecule has 126 valence electrons. The van der Waals surface area contributed by atoms with E-state index in [2.05, 4.69) is 10.3 Å². The van der Waals surface area contributed by atoms with Gasteiger partial charge in [-0.25, -0.2) is 0 Å². The minimum atomic E-state index is -0.153. The Morgan fingerprint density at radius 3 is 2.75 bits per heavy atom. The largest absolute Gasteiger partial charge is 0.402 e. The number of aromatic nitrogens is 1. The SMILES string of the molecule is CC(=O)/C=C(\N)Cc1ccc2cc(CNC(=O)C3(C)CC3)[nH]c2c1. The zero-order valence-corrected chi connectivity index (χ0v) is 14.1. The normalized spacial score (nSPS) is 16.2. The first-order valence-corrected chi connectivity index (χ1v) is 8.21. The number of nitrogens with two attached hydrogens (primary N) is 1. The Morgan fingerprint density at radius 1 is 1.33 bits per heavy atom. The average Bonchev–Trinajstić information content (AvgIpc) is 3.12. The molecular weight excluding hydrogens is 302 g/mol. The first-order chi connectivity index (χ1) is 11.4. The molecule has 1 fully saturated rings. The van der Waals surface area contributed by atoms with Crippen molar-refractivity contribution < 1.29 is 9.59 Å². The van der Waals surface area contributed by atoms with E-state index < -0.39 is 0 Å². The molecule has 5 nitrogen and oxygen atoms in total. The summed E-state index contributed by atoms with van der Waals surface area (Å²) < 4.78 is 0. The lowest BCUT2D eigenvalue weighted by molar-refractivity contribution is -0.125. The number of fused-ring (bicyclic) bond motifs is 1. The van der Waals surface area contributed by atoms with Crippen LogP contribution in [0.25, 0.3) is 10.9 Å². The number of carbonyl (C=O) groups excluding carboxylic acids is 2. The van der Waals surface area contributed by atoms with Gasteiger partial charge in [0.2, 0.25) is 5.91 Å². The van der Waals surface area contributed by atoms with Gasteiger partial charge in [-0.15, -0.1) is 0 Å². The average molecular weight is 325 g/mol. The third-order valence-electron chi connectivity index (χ3n) is 4.53. The van der Waals surface area contributed by atoms with Crippen LogP contribution in [0.4, 0.5) is 0 Å². The third kappa shape index (κ3) is 3.67. The Hall–Kier alpha value is -2.56. The van der Waals surface area contributed by atoms with Crippen molar-refractivity contribution in [2.24, 2.45) is 11.1 Å². The molecule has 2 aromatic rings. The molecule has 4 N–H and O–H groups in total. The standard InChI is InChI=1S/C19H23N3O2/c1-12(23)7-15(20)8-13-3-4-14-10-16(22-17(14)9-13)11-21-18(24)19(2)5-6-19/h3-4,7,9-10,22H,5-6,8,11,20H2,1-2H3,(H,21,24)/b15-7-. The molecule has 1 aliphatic rings. The van der Waals surface area contributed by atoms with Crippen LogP contribution in [-0.2, 0) is 22.6 Å². The molecule has 1 aliphatic carbocycles. The van der Waals surface area contributed by atoms with E-state index in [-0.39, 0.29) is 17.1 Å². The van der Waals surface area contributed by atoms with E-state index in [0.717, 1.165) is 35.0 Å².